The molecule has 168 valence electrons. The average Bonchev–Trinajstić information content (AvgIpc) is 2.76. The summed E-state index contributed by atoms with van der Waals surface area (Å²) in [5.41, 5.74) is -2.81. The summed E-state index contributed by atoms with van der Waals surface area (Å²) in [6, 6.07) is 10.3. The molecule has 32 heavy (non-hydrogen) atoms. The van der Waals surface area contributed by atoms with Gasteiger partial charge in [-0.2, -0.15) is 23.0 Å². The smallest absolute Gasteiger partial charge is 0.416 e. The minimum atomic E-state index is -4.56. The monoisotopic (exact) mass is 448 g/mol. The van der Waals surface area contributed by atoms with Gasteiger partial charge in [0.15, 0.2) is 0 Å². The fourth-order valence-electron chi connectivity index (χ4n) is 2.95. The van der Waals surface area contributed by atoms with Crippen LogP contribution in [0.3, 0.4) is 0 Å². The first-order chi connectivity index (χ1) is 15.2. The van der Waals surface area contributed by atoms with Gasteiger partial charge < -0.3 is 10.1 Å². The average molecular weight is 448 g/mol. The van der Waals surface area contributed by atoms with Crippen molar-refractivity contribution in [1.29, 1.82) is 0 Å². The molecule has 0 aliphatic heterocycles. The summed E-state index contributed by atoms with van der Waals surface area (Å²) in [5, 5.41) is 6.28. The standard InChI is InChI=1S/C21H19F3N4O4/c1-3-25-18(29)17-19(30)27(12-13-5-4-6-16(11-13)32-2)20(31)28(26-17)15-9-7-14(8-10-15)21(22,23)24/h4-11H,3,12H2,1-2H3,(H,25,29). The first-order valence-electron chi connectivity index (χ1n) is 9.48. The van der Waals surface area contributed by atoms with Crippen LogP contribution >= 0.6 is 0 Å². The number of carbonyl (C=O) groups excluding carboxylic acids is 1. The second-order valence-corrected chi connectivity index (χ2v) is 6.69. The van der Waals surface area contributed by atoms with Gasteiger partial charge >= 0.3 is 11.9 Å². The topological polar surface area (TPSA) is 95.2 Å². The Morgan fingerprint density at radius 2 is 1.81 bits per heavy atom. The van der Waals surface area contributed by atoms with Crippen LogP contribution in [0, 0.1) is 0 Å². The molecule has 0 aliphatic rings. The Bertz CT molecular complexity index is 1250. The molecule has 0 fully saturated rings. The quantitative estimate of drug-likeness (QED) is 0.624. The maximum Gasteiger partial charge on any atom is 0.416 e. The molecule has 0 unspecified atom stereocenters. The van der Waals surface area contributed by atoms with Gasteiger partial charge in [-0.15, -0.1) is 0 Å². The lowest BCUT2D eigenvalue weighted by molar-refractivity contribution is -0.137. The van der Waals surface area contributed by atoms with Crippen LogP contribution in [0.2, 0.25) is 0 Å². The number of amides is 1. The summed E-state index contributed by atoms with van der Waals surface area (Å²) in [4.78, 5) is 38.3. The number of carbonyl (C=O) groups is 1. The highest BCUT2D eigenvalue weighted by Gasteiger charge is 2.30. The van der Waals surface area contributed by atoms with Crippen molar-refractivity contribution in [2.24, 2.45) is 0 Å². The van der Waals surface area contributed by atoms with Crippen LogP contribution in [0.1, 0.15) is 28.5 Å². The summed E-state index contributed by atoms with van der Waals surface area (Å²) in [6.45, 7) is 1.64. The van der Waals surface area contributed by atoms with Crippen molar-refractivity contribution in [1.82, 2.24) is 19.7 Å². The highest BCUT2D eigenvalue weighted by molar-refractivity contribution is 5.91. The Hall–Kier alpha value is -3.89. The maximum atomic E-state index is 13.0. The lowest BCUT2D eigenvalue weighted by atomic mass is 10.2. The highest BCUT2D eigenvalue weighted by atomic mass is 19.4. The number of methoxy groups -OCH3 is 1. The molecule has 0 atom stereocenters. The summed E-state index contributed by atoms with van der Waals surface area (Å²) >= 11 is 0. The molecule has 2 aromatic carbocycles. The lowest BCUT2D eigenvalue weighted by Gasteiger charge is -2.13. The summed E-state index contributed by atoms with van der Waals surface area (Å²) in [6.07, 6.45) is -4.56. The molecule has 1 aromatic heterocycles. The Morgan fingerprint density at radius 1 is 1.12 bits per heavy atom. The number of aromatic nitrogens is 3. The van der Waals surface area contributed by atoms with E-state index in [0.717, 1.165) is 33.5 Å². The Balaban J connectivity index is 2.18. The van der Waals surface area contributed by atoms with Gasteiger partial charge in [0, 0.05) is 6.54 Å². The maximum absolute atomic E-state index is 13.0. The van der Waals surface area contributed by atoms with Gasteiger partial charge in [-0.05, 0) is 48.9 Å². The van der Waals surface area contributed by atoms with E-state index >= 15 is 0 Å². The zero-order valence-corrected chi connectivity index (χ0v) is 17.1. The Kier molecular flexibility index (Phi) is 6.47. The molecule has 8 nitrogen and oxygen atoms in total. The second-order valence-electron chi connectivity index (χ2n) is 6.69. The molecule has 0 saturated heterocycles. The van der Waals surface area contributed by atoms with Gasteiger partial charge in [0.2, 0.25) is 5.69 Å². The van der Waals surface area contributed by atoms with E-state index in [9.17, 15) is 27.6 Å². The predicted molar refractivity (Wildman–Crippen MR) is 109 cm³/mol. The third-order valence-corrected chi connectivity index (χ3v) is 4.53. The molecule has 0 radical (unpaired) electrons. The zero-order valence-electron chi connectivity index (χ0n) is 17.1. The van der Waals surface area contributed by atoms with Crippen molar-refractivity contribution in [3.05, 3.63) is 86.2 Å². The molecule has 11 heteroatoms. The third kappa shape index (κ3) is 4.71. The van der Waals surface area contributed by atoms with E-state index in [-0.39, 0.29) is 18.8 Å². The van der Waals surface area contributed by atoms with E-state index in [1.165, 1.54) is 7.11 Å². The van der Waals surface area contributed by atoms with Crippen LogP contribution in [0.4, 0.5) is 13.2 Å². The van der Waals surface area contributed by atoms with Crippen molar-refractivity contribution in [3.63, 3.8) is 0 Å². The molecule has 0 bridgehead atoms. The lowest BCUT2D eigenvalue weighted by Crippen LogP contribution is -2.46. The van der Waals surface area contributed by atoms with E-state index in [1.54, 1.807) is 31.2 Å². The van der Waals surface area contributed by atoms with E-state index < -0.39 is 34.6 Å². The number of halogens is 3. The molecule has 1 heterocycles. The first kappa shape index (κ1) is 22.8. The van der Waals surface area contributed by atoms with E-state index in [4.69, 9.17) is 4.74 Å². The molecule has 3 rings (SSSR count). The third-order valence-electron chi connectivity index (χ3n) is 4.53. The van der Waals surface area contributed by atoms with Gasteiger partial charge in [-0.3, -0.25) is 14.2 Å². The largest absolute Gasteiger partial charge is 0.497 e. The van der Waals surface area contributed by atoms with E-state index in [2.05, 4.69) is 10.4 Å². The van der Waals surface area contributed by atoms with Crippen molar-refractivity contribution in [2.45, 2.75) is 19.6 Å². The molecule has 0 saturated carbocycles. The molecule has 3 aromatic rings. The number of nitrogens with zero attached hydrogens (tertiary/aromatic N) is 3. The summed E-state index contributed by atoms with van der Waals surface area (Å²) in [7, 11) is 1.46. The number of alkyl halides is 3. The van der Waals surface area contributed by atoms with Crippen molar-refractivity contribution in [2.75, 3.05) is 13.7 Å². The van der Waals surface area contributed by atoms with Crippen LogP contribution in [0.25, 0.3) is 5.69 Å². The number of benzene rings is 2. The van der Waals surface area contributed by atoms with Crippen LogP contribution in [-0.2, 0) is 12.7 Å². The molecular formula is C21H19F3N4O4. The van der Waals surface area contributed by atoms with Crippen LogP contribution in [0.15, 0.2) is 58.1 Å². The Morgan fingerprint density at radius 3 is 2.41 bits per heavy atom. The number of hydrogen-bond donors (Lipinski definition) is 1. The van der Waals surface area contributed by atoms with E-state index in [0.29, 0.717) is 11.3 Å². The van der Waals surface area contributed by atoms with Gasteiger partial charge in [0.1, 0.15) is 5.75 Å². The molecule has 1 N–H and O–H groups in total. The van der Waals surface area contributed by atoms with Crippen molar-refractivity contribution in [3.8, 4) is 11.4 Å². The van der Waals surface area contributed by atoms with Crippen LogP contribution in [-0.4, -0.2) is 33.9 Å². The fourth-order valence-corrected chi connectivity index (χ4v) is 2.95. The zero-order chi connectivity index (χ0) is 23.5. The van der Waals surface area contributed by atoms with Gasteiger partial charge in [0.05, 0.1) is 24.9 Å². The van der Waals surface area contributed by atoms with Gasteiger partial charge in [0.25, 0.3) is 11.5 Å². The predicted octanol–water partition coefficient (Wildman–Crippen LogP) is 2.22. The summed E-state index contributed by atoms with van der Waals surface area (Å²) in [5.74, 6) is -0.311. The van der Waals surface area contributed by atoms with Crippen molar-refractivity contribution < 1.29 is 22.7 Å². The molecule has 1 amide bonds. The minimum absolute atomic E-state index is 0.0343. The number of hydrogen-bond acceptors (Lipinski definition) is 5. The summed E-state index contributed by atoms with van der Waals surface area (Å²) < 4.78 is 45.3. The number of nitrogens with one attached hydrogen (secondary N) is 1. The molecule has 0 aliphatic carbocycles. The Labute approximate surface area is 179 Å². The van der Waals surface area contributed by atoms with Crippen LogP contribution in [0.5, 0.6) is 5.75 Å². The van der Waals surface area contributed by atoms with Gasteiger partial charge in [-0.25, -0.2) is 4.79 Å². The molecule has 0 spiro atoms. The fraction of sp³-hybridized carbons (Fsp3) is 0.238. The first-order valence-corrected chi connectivity index (χ1v) is 9.48. The van der Waals surface area contributed by atoms with Gasteiger partial charge in [-0.1, -0.05) is 12.1 Å². The molecular weight excluding hydrogens is 429 g/mol. The normalized spacial score (nSPS) is 11.3. The SMILES string of the molecule is CCNC(=O)c1nn(-c2ccc(C(F)(F)F)cc2)c(=O)n(Cc2cccc(OC)c2)c1=O. The van der Waals surface area contributed by atoms with Crippen molar-refractivity contribution >= 4 is 5.91 Å². The minimum Gasteiger partial charge on any atom is -0.497 e. The highest BCUT2D eigenvalue weighted by Crippen LogP contribution is 2.29. The second kappa shape index (κ2) is 9.08. The number of rotatable bonds is 6. The number of ether oxygens (including phenoxy) is 1. The van der Waals surface area contributed by atoms with Crippen LogP contribution < -0.4 is 21.3 Å². The van der Waals surface area contributed by atoms with E-state index in [1.807, 2.05) is 0 Å².